The lowest BCUT2D eigenvalue weighted by atomic mass is 9.81. The number of rotatable bonds is 7. The molecule has 2 heteroatoms. The Morgan fingerprint density at radius 2 is 1.01 bits per heavy atom. The van der Waals surface area contributed by atoms with Crippen LogP contribution in [0.3, 0.4) is 0 Å². The average Bonchev–Trinajstić information content (AvgIpc) is 3.85. The van der Waals surface area contributed by atoms with Crippen molar-refractivity contribution in [3.8, 4) is 55.6 Å². The van der Waals surface area contributed by atoms with Crippen molar-refractivity contribution < 1.29 is 0 Å². The van der Waals surface area contributed by atoms with E-state index in [0.29, 0.717) is 0 Å². The van der Waals surface area contributed by atoms with Crippen molar-refractivity contribution in [2.75, 3.05) is 4.90 Å². The van der Waals surface area contributed by atoms with Crippen molar-refractivity contribution in [1.82, 2.24) is 0 Å². The predicted octanol–water partition coefficient (Wildman–Crippen LogP) is 18.9. The maximum Gasteiger partial charge on any atom is 0.0546 e. The molecule has 0 saturated carbocycles. The van der Waals surface area contributed by atoms with Gasteiger partial charge >= 0.3 is 0 Å². The average molecular weight is 878 g/mol. The maximum absolute atomic E-state index is 2.55. The molecule has 1 aliphatic rings. The first-order chi connectivity index (χ1) is 32.6. The van der Waals surface area contributed by atoms with E-state index in [4.69, 9.17) is 0 Å². The van der Waals surface area contributed by atoms with E-state index in [9.17, 15) is 0 Å². The van der Waals surface area contributed by atoms with Crippen molar-refractivity contribution in [3.63, 3.8) is 0 Å². The normalized spacial score (nSPS) is 13.0. The molecule has 0 saturated heterocycles. The van der Waals surface area contributed by atoms with Gasteiger partial charge in [0.15, 0.2) is 0 Å². The standard InChI is InChI=1S/C65H51NS/c1-64(2,3)46-34-30-42(31-35-46)45-33-37-58(54(40-45)43-18-7-6-8-19-43)66(47-36-39-61-55(41-47)50-23-14-16-29-60(50)67-61)59-38-32-44-20-9-10-21-48(44)63(59)52-24-12-11-22-49(52)51-26-17-28-57-62(51)53-25-13-15-27-56(53)65(57,4)5/h6-41H,1-5H3. The zero-order chi connectivity index (χ0) is 45.4. The first kappa shape index (κ1) is 40.9. The van der Waals surface area contributed by atoms with Gasteiger partial charge in [-0.25, -0.2) is 0 Å². The SMILES string of the molecule is CC(C)(C)c1ccc(-c2ccc(N(c3ccc4sc5ccccc5c4c3)c3ccc4ccccc4c3-c3ccccc3-c3cccc4c3-c3ccccc3C4(C)C)c(-c3ccccc3)c2)cc1. The summed E-state index contributed by atoms with van der Waals surface area (Å²) in [5.41, 5.74) is 19.7. The molecule has 0 aliphatic heterocycles. The van der Waals surface area contributed by atoms with Crippen molar-refractivity contribution >= 4 is 59.3 Å². The summed E-state index contributed by atoms with van der Waals surface area (Å²) < 4.78 is 2.58. The number of hydrogen-bond acceptors (Lipinski definition) is 2. The summed E-state index contributed by atoms with van der Waals surface area (Å²) in [6.45, 7) is 11.6. The molecule has 12 rings (SSSR count). The summed E-state index contributed by atoms with van der Waals surface area (Å²) in [5, 5.41) is 4.97. The minimum Gasteiger partial charge on any atom is -0.309 e. The third kappa shape index (κ3) is 6.81. The summed E-state index contributed by atoms with van der Waals surface area (Å²) in [5.74, 6) is 0. The molecule has 0 bridgehead atoms. The quantitative estimate of drug-likeness (QED) is 0.154. The monoisotopic (exact) mass is 877 g/mol. The lowest BCUT2D eigenvalue weighted by molar-refractivity contribution is 0.590. The Bertz CT molecular complexity index is 3700. The summed E-state index contributed by atoms with van der Waals surface area (Å²) in [6.07, 6.45) is 0. The Balaban J connectivity index is 1.16. The third-order valence-electron chi connectivity index (χ3n) is 14.3. The van der Waals surface area contributed by atoms with E-state index in [1.807, 2.05) is 11.3 Å². The topological polar surface area (TPSA) is 3.24 Å². The van der Waals surface area contributed by atoms with Crippen LogP contribution >= 0.6 is 11.3 Å². The summed E-state index contributed by atoms with van der Waals surface area (Å²) in [6, 6.07) is 81.8. The lowest BCUT2D eigenvalue weighted by Crippen LogP contribution is -2.14. The van der Waals surface area contributed by atoms with Crippen LogP contribution in [-0.2, 0) is 10.8 Å². The molecule has 0 fully saturated rings. The van der Waals surface area contributed by atoms with Crippen LogP contribution in [0.5, 0.6) is 0 Å². The van der Waals surface area contributed by atoms with Gasteiger partial charge in [0, 0.05) is 42.4 Å². The van der Waals surface area contributed by atoms with Gasteiger partial charge in [-0.3, -0.25) is 0 Å². The Morgan fingerprint density at radius 1 is 0.388 bits per heavy atom. The molecule has 1 nitrogen and oxygen atoms in total. The highest BCUT2D eigenvalue weighted by atomic mass is 32.1. The van der Waals surface area contributed by atoms with Gasteiger partial charge in [-0.05, 0) is 120 Å². The zero-order valence-electron chi connectivity index (χ0n) is 38.6. The minimum atomic E-state index is -0.114. The van der Waals surface area contributed by atoms with Crippen LogP contribution < -0.4 is 4.90 Å². The second kappa shape index (κ2) is 15.8. The fourth-order valence-electron chi connectivity index (χ4n) is 10.8. The number of thiophene rings is 1. The third-order valence-corrected chi connectivity index (χ3v) is 15.4. The van der Waals surface area contributed by atoms with Gasteiger partial charge in [-0.1, -0.05) is 211 Å². The van der Waals surface area contributed by atoms with E-state index in [-0.39, 0.29) is 10.8 Å². The van der Waals surface area contributed by atoms with Crippen LogP contribution in [0, 0.1) is 0 Å². The van der Waals surface area contributed by atoms with Gasteiger partial charge in [0.25, 0.3) is 0 Å². The Kier molecular flexibility index (Phi) is 9.68. The Morgan fingerprint density at radius 3 is 1.82 bits per heavy atom. The van der Waals surface area contributed by atoms with E-state index >= 15 is 0 Å². The van der Waals surface area contributed by atoms with Gasteiger partial charge in [-0.15, -0.1) is 11.3 Å². The molecule has 1 heterocycles. The number of hydrogen-bond donors (Lipinski definition) is 0. The first-order valence-electron chi connectivity index (χ1n) is 23.5. The van der Waals surface area contributed by atoms with Crippen molar-refractivity contribution in [1.29, 1.82) is 0 Å². The van der Waals surface area contributed by atoms with Crippen LogP contribution in [0.2, 0.25) is 0 Å². The molecule has 11 aromatic rings. The van der Waals surface area contributed by atoms with Gasteiger partial charge in [0.05, 0.1) is 11.4 Å². The lowest BCUT2D eigenvalue weighted by Gasteiger charge is -2.31. The molecule has 10 aromatic carbocycles. The minimum absolute atomic E-state index is 0.0742. The second-order valence-electron chi connectivity index (χ2n) is 19.7. The van der Waals surface area contributed by atoms with Gasteiger partial charge in [0.1, 0.15) is 0 Å². The fourth-order valence-corrected chi connectivity index (χ4v) is 11.9. The zero-order valence-corrected chi connectivity index (χ0v) is 39.5. The number of nitrogens with zero attached hydrogens (tertiary/aromatic N) is 1. The van der Waals surface area contributed by atoms with Crippen molar-refractivity contribution in [3.05, 3.63) is 235 Å². The predicted molar refractivity (Wildman–Crippen MR) is 290 cm³/mol. The Hall–Kier alpha value is -7.52. The van der Waals surface area contributed by atoms with Crippen LogP contribution in [-0.4, -0.2) is 0 Å². The van der Waals surface area contributed by atoms with Gasteiger partial charge in [-0.2, -0.15) is 0 Å². The summed E-state index contributed by atoms with van der Waals surface area (Å²) in [4.78, 5) is 2.55. The summed E-state index contributed by atoms with van der Waals surface area (Å²) >= 11 is 1.86. The number of benzene rings is 10. The largest absolute Gasteiger partial charge is 0.309 e. The van der Waals surface area contributed by atoms with E-state index in [0.717, 1.165) is 17.1 Å². The molecule has 67 heavy (non-hydrogen) atoms. The van der Waals surface area contributed by atoms with E-state index in [1.165, 1.54) is 103 Å². The van der Waals surface area contributed by atoms with Crippen molar-refractivity contribution in [2.24, 2.45) is 0 Å². The fraction of sp³-hybridized carbons (Fsp3) is 0.108. The molecule has 0 spiro atoms. The van der Waals surface area contributed by atoms with Crippen molar-refractivity contribution in [2.45, 2.75) is 45.4 Å². The summed E-state index contributed by atoms with van der Waals surface area (Å²) in [7, 11) is 0. The molecule has 0 radical (unpaired) electrons. The molecule has 322 valence electrons. The highest BCUT2D eigenvalue weighted by molar-refractivity contribution is 7.25. The van der Waals surface area contributed by atoms with Crippen LogP contribution in [0.1, 0.15) is 51.3 Å². The van der Waals surface area contributed by atoms with Gasteiger partial charge < -0.3 is 4.90 Å². The second-order valence-corrected chi connectivity index (χ2v) is 20.7. The molecular formula is C65H51NS. The number of fused-ring (bicyclic) bond motifs is 7. The molecular weight excluding hydrogens is 827 g/mol. The van der Waals surface area contributed by atoms with Gasteiger partial charge in [0.2, 0.25) is 0 Å². The maximum atomic E-state index is 2.55. The molecule has 0 N–H and O–H groups in total. The number of anilines is 3. The first-order valence-corrected chi connectivity index (χ1v) is 24.3. The van der Waals surface area contributed by atoms with E-state index in [2.05, 4.69) is 258 Å². The molecule has 0 atom stereocenters. The van der Waals surface area contributed by atoms with Crippen LogP contribution in [0.25, 0.3) is 86.6 Å². The smallest absolute Gasteiger partial charge is 0.0546 e. The molecule has 1 aromatic heterocycles. The Labute approximate surface area is 398 Å². The van der Waals surface area contributed by atoms with E-state index < -0.39 is 0 Å². The molecule has 0 unspecified atom stereocenters. The van der Waals surface area contributed by atoms with E-state index in [1.54, 1.807) is 0 Å². The highest BCUT2D eigenvalue weighted by Crippen LogP contribution is 2.55. The van der Waals surface area contributed by atoms with Crippen LogP contribution in [0.15, 0.2) is 218 Å². The van der Waals surface area contributed by atoms with Crippen LogP contribution in [0.4, 0.5) is 17.1 Å². The highest BCUT2D eigenvalue weighted by Gasteiger charge is 2.37. The molecule has 0 amide bonds. The molecule has 1 aliphatic carbocycles.